The van der Waals surface area contributed by atoms with Crippen LogP contribution in [-0.4, -0.2) is 42.4 Å². The Morgan fingerprint density at radius 2 is 1.55 bits per heavy atom. The Kier molecular flexibility index (Phi) is 7.10. The van der Waals surface area contributed by atoms with Gasteiger partial charge in [-0.2, -0.15) is 22.0 Å². The molecular weight excluding hydrogens is 479 g/mol. The van der Waals surface area contributed by atoms with Gasteiger partial charge in [-0.3, -0.25) is 4.79 Å². The van der Waals surface area contributed by atoms with Crippen molar-refractivity contribution in [2.75, 3.05) is 0 Å². The second kappa shape index (κ2) is 8.86. The van der Waals surface area contributed by atoms with Gasteiger partial charge in [-0.05, 0) is 43.2 Å². The molecule has 7 nitrogen and oxygen atoms in total. The van der Waals surface area contributed by atoms with Gasteiger partial charge in [0.1, 0.15) is 11.3 Å². The smallest absolute Gasteiger partial charge is 0.432 e. The first-order valence-corrected chi connectivity index (χ1v) is 10.7. The van der Waals surface area contributed by atoms with Crippen molar-refractivity contribution in [1.29, 1.82) is 0 Å². The number of carbonyl (C=O) groups is 2. The van der Waals surface area contributed by atoms with E-state index in [2.05, 4.69) is 4.74 Å². The quantitative estimate of drug-likeness (QED) is 0.241. The summed E-state index contributed by atoms with van der Waals surface area (Å²) in [5.74, 6) is -3.56. The lowest BCUT2D eigenvalue weighted by molar-refractivity contribution is -0.248. The summed E-state index contributed by atoms with van der Waals surface area (Å²) in [6, 6.07) is 8.05. The molecule has 2 aromatic carbocycles. The molecule has 1 unspecified atom stereocenters. The highest BCUT2D eigenvalue weighted by molar-refractivity contribution is 7.86. The van der Waals surface area contributed by atoms with Crippen LogP contribution < -0.4 is 4.74 Å². The summed E-state index contributed by atoms with van der Waals surface area (Å²) in [5.41, 5.74) is -1.94. The van der Waals surface area contributed by atoms with Crippen molar-refractivity contribution in [3.05, 3.63) is 42.0 Å². The average molecular weight is 497 g/mol. The van der Waals surface area contributed by atoms with Gasteiger partial charge in [0.05, 0.1) is 5.41 Å². The molecule has 0 aliphatic rings. The molecule has 0 bridgehead atoms. The van der Waals surface area contributed by atoms with Crippen molar-refractivity contribution in [1.82, 2.24) is 0 Å². The molecule has 0 aliphatic carbocycles. The number of fused-ring (bicyclic) bond motifs is 1. The predicted molar refractivity (Wildman–Crippen MR) is 104 cm³/mol. The van der Waals surface area contributed by atoms with Gasteiger partial charge in [-0.25, -0.2) is 13.2 Å². The summed E-state index contributed by atoms with van der Waals surface area (Å²) in [5, 5.41) is -5.39. The van der Waals surface area contributed by atoms with Crippen LogP contribution in [0.15, 0.2) is 36.4 Å². The molecule has 182 valence electrons. The minimum Gasteiger partial charge on any atom is -0.743 e. The van der Waals surface area contributed by atoms with Crippen molar-refractivity contribution < 1.29 is 54.0 Å². The van der Waals surface area contributed by atoms with E-state index in [-0.39, 0.29) is 11.8 Å². The fourth-order valence-corrected chi connectivity index (χ4v) is 2.92. The third-order valence-electron chi connectivity index (χ3n) is 4.87. The summed E-state index contributed by atoms with van der Waals surface area (Å²) < 4.78 is 108. The van der Waals surface area contributed by atoms with E-state index in [4.69, 9.17) is 4.74 Å². The van der Waals surface area contributed by atoms with Crippen LogP contribution in [0.2, 0.25) is 0 Å². The van der Waals surface area contributed by atoms with Gasteiger partial charge in [-0.15, -0.1) is 0 Å². The predicted octanol–water partition coefficient (Wildman–Crippen LogP) is 4.41. The first-order chi connectivity index (χ1) is 14.9. The van der Waals surface area contributed by atoms with Crippen LogP contribution in [0.1, 0.15) is 37.6 Å². The standard InChI is InChI=1S/C20H19F5O7S/c1-4-18(2,3)17(27)31-14-10-12-8-6-5-7-11(12)9-13(14)15(26)32-16(19(21,22)23)20(24,25)33(28,29)30/h5-10,16H,4H2,1-3H3,(H,28,29,30)/p-1. The lowest BCUT2D eigenvalue weighted by Gasteiger charge is -2.30. The maximum absolute atomic E-state index is 13.7. The highest BCUT2D eigenvalue weighted by Gasteiger charge is 2.63. The number of benzene rings is 2. The molecule has 1 atom stereocenters. The Hall–Kier alpha value is -2.80. The zero-order valence-electron chi connectivity index (χ0n) is 17.4. The average Bonchev–Trinajstić information content (AvgIpc) is 2.69. The molecule has 0 saturated heterocycles. The minimum atomic E-state index is -6.86. The SMILES string of the molecule is CCC(C)(C)C(=O)Oc1cc2ccccc2cc1C(=O)OC(C(F)(F)F)C(F)(F)S(=O)(=O)[O-]. The first kappa shape index (κ1) is 26.5. The number of hydrogen-bond acceptors (Lipinski definition) is 7. The van der Waals surface area contributed by atoms with Crippen LogP contribution in [0.3, 0.4) is 0 Å². The van der Waals surface area contributed by atoms with E-state index >= 15 is 0 Å². The minimum absolute atomic E-state index is 0.241. The number of ether oxygens (including phenoxy) is 2. The highest BCUT2D eigenvalue weighted by atomic mass is 32.2. The third-order valence-corrected chi connectivity index (χ3v) is 5.75. The molecular formula is C20H18F5O7S-. The van der Waals surface area contributed by atoms with Crippen LogP contribution in [-0.2, 0) is 19.6 Å². The van der Waals surface area contributed by atoms with E-state index in [1.54, 1.807) is 13.0 Å². The highest BCUT2D eigenvalue weighted by Crippen LogP contribution is 2.39. The Balaban J connectivity index is 2.60. The second-order valence-corrected chi connectivity index (χ2v) is 9.12. The number of alkyl halides is 5. The van der Waals surface area contributed by atoms with Gasteiger partial charge < -0.3 is 14.0 Å². The summed E-state index contributed by atoms with van der Waals surface area (Å²) in [4.78, 5) is 25.0. The molecule has 2 rings (SSSR count). The molecule has 0 aromatic heterocycles. The molecule has 0 amide bonds. The number of esters is 2. The first-order valence-electron chi connectivity index (χ1n) is 9.28. The molecule has 2 aromatic rings. The summed E-state index contributed by atoms with van der Waals surface area (Å²) >= 11 is 0. The fourth-order valence-electron chi connectivity index (χ4n) is 2.47. The molecule has 0 heterocycles. The van der Waals surface area contributed by atoms with E-state index in [9.17, 15) is 44.5 Å². The Morgan fingerprint density at radius 3 is 2.00 bits per heavy atom. The second-order valence-electron chi connectivity index (χ2n) is 7.67. The maximum Gasteiger partial charge on any atom is 0.432 e. The third kappa shape index (κ3) is 5.58. The van der Waals surface area contributed by atoms with Crippen molar-refractivity contribution in [2.24, 2.45) is 5.41 Å². The zero-order chi connectivity index (χ0) is 25.4. The number of hydrogen-bond donors (Lipinski definition) is 0. The number of rotatable bonds is 7. The summed E-state index contributed by atoms with van der Waals surface area (Å²) in [6.07, 6.45) is -10.4. The van der Waals surface area contributed by atoms with E-state index in [1.807, 2.05) is 0 Å². The Bertz CT molecular complexity index is 1170. The lowest BCUT2D eigenvalue weighted by atomic mass is 9.90. The monoisotopic (exact) mass is 497 g/mol. The maximum atomic E-state index is 13.7. The van der Waals surface area contributed by atoms with Crippen molar-refractivity contribution >= 4 is 32.8 Å². The van der Waals surface area contributed by atoms with E-state index in [1.165, 1.54) is 32.0 Å². The van der Waals surface area contributed by atoms with Gasteiger partial charge >= 0.3 is 23.4 Å². The van der Waals surface area contributed by atoms with Crippen LogP contribution in [0.4, 0.5) is 22.0 Å². The van der Waals surface area contributed by atoms with E-state index < -0.39 is 56.3 Å². The molecule has 0 saturated carbocycles. The van der Waals surface area contributed by atoms with Crippen molar-refractivity contribution in [3.63, 3.8) is 0 Å². The molecule has 0 spiro atoms. The molecule has 33 heavy (non-hydrogen) atoms. The van der Waals surface area contributed by atoms with Crippen LogP contribution in [0, 0.1) is 5.41 Å². The summed E-state index contributed by atoms with van der Waals surface area (Å²) in [7, 11) is -6.86. The fraction of sp³-hybridized carbons (Fsp3) is 0.400. The van der Waals surface area contributed by atoms with Crippen molar-refractivity contribution in [2.45, 2.75) is 44.7 Å². The van der Waals surface area contributed by atoms with Crippen LogP contribution >= 0.6 is 0 Å². The van der Waals surface area contributed by atoms with Gasteiger partial charge in [0, 0.05) is 0 Å². The van der Waals surface area contributed by atoms with Gasteiger partial charge in [0.2, 0.25) is 0 Å². The van der Waals surface area contributed by atoms with Gasteiger partial charge in [-0.1, -0.05) is 31.2 Å². The zero-order valence-corrected chi connectivity index (χ0v) is 18.2. The lowest BCUT2D eigenvalue weighted by Crippen LogP contribution is -2.52. The molecule has 13 heteroatoms. The molecule has 0 aliphatic heterocycles. The molecule has 0 radical (unpaired) electrons. The van der Waals surface area contributed by atoms with Crippen molar-refractivity contribution in [3.8, 4) is 5.75 Å². The number of halogens is 5. The molecule has 0 fully saturated rings. The van der Waals surface area contributed by atoms with Crippen LogP contribution in [0.5, 0.6) is 5.75 Å². The van der Waals surface area contributed by atoms with E-state index in [0.29, 0.717) is 5.39 Å². The van der Waals surface area contributed by atoms with Gasteiger partial charge in [0.15, 0.2) is 10.1 Å². The van der Waals surface area contributed by atoms with E-state index in [0.717, 1.165) is 12.1 Å². The van der Waals surface area contributed by atoms with Crippen LogP contribution in [0.25, 0.3) is 10.8 Å². The Labute approximate surface area is 185 Å². The largest absolute Gasteiger partial charge is 0.743 e. The summed E-state index contributed by atoms with van der Waals surface area (Å²) in [6.45, 7) is 4.64. The van der Waals surface area contributed by atoms with Gasteiger partial charge in [0.25, 0.3) is 6.10 Å². The topological polar surface area (TPSA) is 110 Å². The number of carbonyl (C=O) groups excluding carboxylic acids is 2. The normalized spacial score (nSPS) is 14.1. The Morgan fingerprint density at radius 1 is 1.03 bits per heavy atom. The molecule has 0 N–H and O–H groups in total.